The highest BCUT2D eigenvalue weighted by Gasteiger charge is 2.19. The fourth-order valence-corrected chi connectivity index (χ4v) is 3.99. The maximum atomic E-state index is 6.77. The molecule has 0 nitrogen and oxygen atoms in total. The summed E-state index contributed by atoms with van der Waals surface area (Å²) in [6, 6.07) is 15.1. The quantitative estimate of drug-likeness (QED) is 0.447. The van der Waals surface area contributed by atoms with Crippen molar-refractivity contribution in [1.29, 1.82) is 0 Å². The number of benzene rings is 2. The van der Waals surface area contributed by atoms with Gasteiger partial charge in [-0.05, 0) is 28.7 Å². The number of alkyl halides is 1. The Morgan fingerprint density at radius 2 is 1.60 bits per heavy atom. The Kier molecular flexibility index (Phi) is 4.62. The van der Waals surface area contributed by atoms with Gasteiger partial charge in [-0.3, -0.25) is 0 Å². The van der Waals surface area contributed by atoms with E-state index in [0.717, 1.165) is 12.3 Å². The van der Waals surface area contributed by atoms with Gasteiger partial charge in [0, 0.05) is 0 Å². The predicted octanol–water partition coefficient (Wildman–Crippen LogP) is 6.48. The lowest BCUT2D eigenvalue weighted by molar-refractivity contribution is 0.423. The van der Waals surface area contributed by atoms with Gasteiger partial charge in [0.15, 0.2) is 0 Å². The van der Waals surface area contributed by atoms with Crippen LogP contribution >= 0.6 is 11.6 Å². The van der Waals surface area contributed by atoms with Crippen molar-refractivity contribution in [3.63, 3.8) is 0 Å². The Labute approximate surface area is 127 Å². The van der Waals surface area contributed by atoms with Gasteiger partial charge in [0.25, 0.3) is 0 Å². The maximum Gasteiger partial charge on any atom is 0.0593 e. The lowest BCUT2D eigenvalue weighted by atomic mass is 9.91. The van der Waals surface area contributed by atoms with Crippen LogP contribution in [0.3, 0.4) is 0 Å². The minimum absolute atomic E-state index is 0.157. The molecule has 1 saturated carbocycles. The van der Waals surface area contributed by atoms with Gasteiger partial charge >= 0.3 is 0 Å². The summed E-state index contributed by atoms with van der Waals surface area (Å²) in [7, 11) is 0. The van der Waals surface area contributed by atoms with Gasteiger partial charge in [0.05, 0.1) is 5.38 Å². The highest BCUT2D eigenvalue weighted by Crippen LogP contribution is 2.37. The van der Waals surface area contributed by atoms with Crippen molar-refractivity contribution < 1.29 is 0 Å². The van der Waals surface area contributed by atoms with Crippen LogP contribution in [0.15, 0.2) is 42.5 Å². The molecule has 1 fully saturated rings. The first-order valence-corrected chi connectivity index (χ1v) is 8.40. The fourth-order valence-electron chi connectivity index (χ4n) is 3.54. The summed E-state index contributed by atoms with van der Waals surface area (Å²) in [5.41, 5.74) is 1.31. The Morgan fingerprint density at radius 3 is 2.40 bits per heavy atom. The van der Waals surface area contributed by atoms with Crippen LogP contribution in [0, 0.1) is 5.92 Å². The van der Waals surface area contributed by atoms with Crippen molar-refractivity contribution >= 4 is 22.4 Å². The van der Waals surface area contributed by atoms with Gasteiger partial charge in [-0.15, -0.1) is 11.6 Å². The maximum absolute atomic E-state index is 6.77. The van der Waals surface area contributed by atoms with E-state index in [2.05, 4.69) is 42.5 Å². The number of halogens is 1. The first-order chi connectivity index (χ1) is 9.84. The smallest absolute Gasteiger partial charge is 0.0593 e. The van der Waals surface area contributed by atoms with E-state index in [1.165, 1.54) is 54.9 Å². The van der Waals surface area contributed by atoms with Crippen LogP contribution < -0.4 is 0 Å². The zero-order valence-electron chi connectivity index (χ0n) is 12.0. The summed E-state index contributed by atoms with van der Waals surface area (Å²) in [4.78, 5) is 0. The lowest BCUT2D eigenvalue weighted by Crippen LogP contribution is -2.03. The Morgan fingerprint density at radius 1 is 0.900 bits per heavy atom. The molecular weight excluding hydrogens is 264 g/mol. The zero-order valence-corrected chi connectivity index (χ0v) is 12.8. The standard InChI is InChI=1S/C19H23Cl/c20-19(14-15-8-3-1-2-4-9-15)18-13-7-11-16-10-5-6-12-17(16)18/h5-7,10-13,15,19H,1-4,8-9,14H2. The topological polar surface area (TPSA) is 0 Å². The van der Waals surface area contributed by atoms with Crippen LogP contribution in [0.25, 0.3) is 10.8 Å². The zero-order chi connectivity index (χ0) is 13.8. The number of fused-ring (bicyclic) bond motifs is 1. The summed E-state index contributed by atoms with van der Waals surface area (Å²) < 4.78 is 0. The highest BCUT2D eigenvalue weighted by molar-refractivity contribution is 6.21. The van der Waals surface area contributed by atoms with E-state index in [1.54, 1.807) is 0 Å². The first kappa shape index (κ1) is 13.9. The lowest BCUT2D eigenvalue weighted by Gasteiger charge is -2.19. The molecule has 0 bridgehead atoms. The predicted molar refractivity (Wildman–Crippen MR) is 88.4 cm³/mol. The van der Waals surface area contributed by atoms with Crippen LogP contribution in [0.5, 0.6) is 0 Å². The Balaban J connectivity index is 1.79. The normalized spacial score (nSPS) is 18.9. The van der Waals surface area contributed by atoms with Crippen molar-refractivity contribution in [2.75, 3.05) is 0 Å². The molecule has 3 rings (SSSR count). The third kappa shape index (κ3) is 3.17. The van der Waals surface area contributed by atoms with Gasteiger partial charge in [-0.2, -0.15) is 0 Å². The molecule has 1 aliphatic rings. The average molecular weight is 287 g/mol. The summed E-state index contributed by atoms with van der Waals surface area (Å²) in [6.07, 6.45) is 9.49. The van der Waals surface area contributed by atoms with E-state index >= 15 is 0 Å². The van der Waals surface area contributed by atoms with Crippen LogP contribution in [0.1, 0.15) is 55.9 Å². The molecule has 1 unspecified atom stereocenters. The second kappa shape index (κ2) is 6.63. The number of hydrogen-bond acceptors (Lipinski definition) is 0. The van der Waals surface area contributed by atoms with Crippen molar-refractivity contribution in [2.45, 2.75) is 50.3 Å². The van der Waals surface area contributed by atoms with E-state index in [0.29, 0.717) is 0 Å². The second-order valence-electron chi connectivity index (χ2n) is 6.13. The molecule has 0 radical (unpaired) electrons. The molecule has 0 N–H and O–H groups in total. The second-order valence-corrected chi connectivity index (χ2v) is 6.66. The number of rotatable bonds is 3. The average Bonchev–Trinajstić information content (AvgIpc) is 2.75. The molecule has 2 aromatic carbocycles. The Bertz CT molecular complexity index is 547. The van der Waals surface area contributed by atoms with Crippen molar-refractivity contribution in [1.82, 2.24) is 0 Å². The molecule has 20 heavy (non-hydrogen) atoms. The van der Waals surface area contributed by atoms with Crippen LogP contribution in [-0.4, -0.2) is 0 Å². The van der Waals surface area contributed by atoms with E-state index in [4.69, 9.17) is 11.6 Å². The molecule has 1 heteroatoms. The van der Waals surface area contributed by atoms with Crippen LogP contribution in [0.2, 0.25) is 0 Å². The third-order valence-corrected chi connectivity index (χ3v) is 5.09. The number of hydrogen-bond donors (Lipinski definition) is 0. The summed E-state index contributed by atoms with van der Waals surface area (Å²) >= 11 is 6.77. The molecule has 0 aromatic heterocycles. The van der Waals surface area contributed by atoms with Gasteiger partial charge in [-0.25, -0.2) is 0 Å². The molecule has 0 heterocycles. The first-order valence-electron chi connectivity index (χ1n) is 7.96. The van der Waals surface area contributed by atoms with Crippen molar-refractivity contribution in [2.24, 2.45) is 5.92 Å². The van der Waals surface area contributed by atoms with Crippen molar-refractivity contribution in [3.05, 3.63) is 48.0 Å². The van der Waals surface area contributed by atoms with Gasteiger partial charge in [0.1, 0.15) is 0 Å². The molecule has 0 spiro atoms. The van der Waals surface area contributed by atoms with Gasteiger partial charge in [-0.1, -0.05) is 81.0 Å². The van der Waals surface area contributed by atoms with Crippen LogP contribution in [-0.2, 0) is 0 Å². The highest BCUT2D eigenvalue weighted by atomic mass is 35.5. The van der Waals surface area contributed by atoms with Gasteiger partial charge in [0.2, 0.25) is 0 Å². The summed E-state index contributed by atoms with van der Waals surface area (Å²) in [6.45, 7) is 0. The monoisotopic (exact) mass is 286 g/mol. The summed E-state index contributed by atoms with van der Waals surface area (Å²) in [5, 5.41) is 2.78. The molecule has 1 aliphatic carbocycles. The van der Waals surface area contributed by atoms with Crippen molar-refractivity contribution in [3.8, 4) is 0 Å². The SMILES string of the molecule is ClC(CC1CCCCCC1)c1cccc2ccccc12. The van der Waals surface area contributed by atoms with E-state index in [9.17, 15) is 0 Å². The fraction of sp³-hybridized carbons (Fsp3) is 0.474. The minimum atomic E-state index is 0.157. The molecular formula is C19H23Cl. The summed E-state index contributed by atoms with van der Waals surface area (Å²) in [5.74, 6) is 0.818. The van der Waals surface area contributed by atoms with Gasteiger partial charge < -0.3 is 0 Å². The molecule has 0 saturated heterocycles. The molecule has 0 amide bonds. The van der Waals surface area contributed by atoms with E-state index in [-0.39, 0.29) is 5.38 Å². The van der Waals surface area contributed by atoms with Crippen LogP contribution in [0.4, 0.5) is 0 Å². The Hall–Kier alpha value is -1.01. The van der Waals surface area contributed by atoms with E-state index < -0.39 is 0 Å². The molecule has 106 valence electrons. The largest absolute Gasteiger partial charge is 0.118 e. The molecule has 0 aliphatic heterocycles. The third-order valence-electron chi connectivity index (χ3n) is 4.68. The molecule has 2 aromatic rings. The van der Waals surface area contributed by atoms with E-state index in [1.807, 2.05) is 0 Å². The molecule has 1 atom stereocenters. The minimum Gasteiger partial charge on any atom is -0.118 e.